The summed E-state index contributed by atoms with van der Waals surface area (Å²) in [6.07, 6.45) is 7.74. The topological polar surface area (TPSA) is 26.0 Å². The van der Waals surface area contributed by atoms with Crippen molar-refractivity contribution in [2.75, 3.05) is 0 Å². The van der Waals surface area contributed by atoms with Gasteiger partial charge in [0.15, 0.2) is 0 Å². The molecule has 1 fully saturated rings. The second-order valence-corrected chi connectivity index (χ2v) is 8.04. The lowest BCUT2D eigenvalue weighted by atomic mass is 9.74. The summed E-state index contributed by atoms with van der Waals surface area (Å²) in [6, 6.07) is 9.63. The minimum Gasteiger partial charge on any atom is -0.327 e. The molecule has 21 heavy (non-hydrogen) atoms. The Labute approximate surface area is 131 Å². The molecule has 0 spiro atoms. The lowest BCUT2D eigenvalue weighted by Crippen LogP contribution is -2.37. The molecule has 2 N–H and O–H groups in total. The Morgan fingerprint density at radius 2 is 1.76 bits per heavy atom. The van der Waals surface area contributed by atoms with Crippen molar-refractivity contribution in [2.45, 2.75) is 77.7 Å². The fourth-order valence-electron chi connectivity index (χ4n) is 3.73. The summed E-state index contributed by atoms with van der Waals surface area (Å²) >= 11 is 0. The molecule has 0 bridgehead atoms. The van der Waals surface area contributed by atoms with Crippen LogP contribution in [0.5, 0.6) is 0 Å². The van der Waals surface area contributed by atoms with Crippen LogP contribution in [0.2, 0.25) is 0 Å². The van der Waals surface area contributed by atoms with Crippen LogP contribution in [-0.2, 0) is 11.8 Å². The molecule has 1 aliphatic rings. The van der Waals surface area contributed by atoms with Crippen molar-refractivity contribution in [3.05, 3.63) is 35.4 Å². The molecule has 0 amide bonds. The van der Waals surface area contributed by atoms with E-state index < -0.39 is 0 Å². The van der Waals surface area contributed by atoms with Gasteiger partial charge >= 0.3 is 0 Å². The Hall–Kier alpha value is -0.820. The predicted octanol–water partition coefficient (Wildman–Crippen LogP) is 5.07. The largest absolute Gasteiger partial charge is 0.327 e. The number of benzene rings is 1. The quantitative estimate of drug-likeness (QED) is 0.822. The van der Waals surface area contributed by atoms with Gasteiger partial charge in [-0.15, -0.1) is 0 Å². The molecule has 118 valence electrons. The first-order valence-electron chi connectivity index (χ1n) is 8.75. The van der Waals surface area contributed by atoms with Gasteiger partial charge in [-0.05, 0) is 54.1 Å². The molecule has 1 aromatic carbocycles. The molecule has 1 aliphatic carbocycles. The smallest absolute Gasteiger partial charge is 0.00705 e. The van der Waals surface area contributed by atoms with Crippen LogP contribution < -0.4 is 5.73 Å². The zero-order chi connectivity index (χ0) is 15.5. The Bertz CT molecular complexity index is 426. The van der Waals surface area contributed by atoms with Gasteiger partial charge in [-0.25, -0.2) is 0 Å². The molecule has 0 saturated heterocycles. The third-order valence-corrected chi connectivity index (χ3v) is 5.16. The minimum absolute atomic E-state index is 0.242. The Morgan fingerprint density at radius 1 is 1.10 bits per heavy atom. The molecule has 1 heteroatoms. The van der Waals surface area contributed by atoms with Gasteiger partial charge in [0.2, 0.25) is 0 Å². The van der Waals surface area contributed by atoms with E-state index in [1.54, 1.807) is 0 Å². The predicted molar refractivity (Wildman–Crippen MR) is 92.6 cm³/mol. The van der Waals surface area contributed by atoms with Gasteiger partial charge in [0, 0.05) is 6.04 Å². The SMILES string of the molecule is CCCC1CCC(N)C(Cc2ccc(C(C)(C)C)cc2)C1. The molecule has 3 unspecified atom stereocenters. The normalized spacial score (nSPS) is 26.8. The van der Waals surface area contributed by atoms with Crippen LogP contribution in [0.1, 0.15) is 70.9 Å². The molecule has 1 aromatic rings. The summed E-state index contributed by atoms with van der Waals surface area (Å²) in [6.45, 7) is 9.12. The molecule has 1 nitrogen and oxygen atoms in total. The minimum atomic E-state index is 0.242. The number of nitrogens with two attached hydrogens (primary N) is 1. The van der Waals surface area contributed by atoms with Crippen molar-refractivity contribution in [2.24, 2.45) is 17.6 Å². The van der Waals surface area contributed by atoms with Crippen LogP contribution in [0.25, 0.3) is 0 Å². The van der Waals surface area contributed by atoms with Crippen molar-refractivity contribution in [3.8, 4) is 0 Å². The average molecular weight is 287 g/mol. The summed E-state index contributed by atoms with van der Waals surface area (Å²) in [7, 11) is 0. The highest BCUT2D eigenvalue weighted by molar-refractivity contribution is 5.27. The number of hydrogen-bond donors (Lipinski definition) is 1. The fraction of sp³-hybridized carbons (Fsp3) is 0.700. The summed E-state index contributed by atoms with van der Waals surface area (Å²) in [5.74, 6) is 1.59. The van der Waals surface area contributed by atoms with Gasteiger partial charge in [0.05, 0.1) is 0 Å². The highest BCUT2D eigenvalue weighted by atomic mass is 14.7. The van der Waals surface area contributed by atoms with E-state index in [-0.39, 0.29) is 5.41 Å². The van der Waals surface area contributed by atoms with Gasteiger partial charge in [0.25, 0.3) is 0 Å². The van der Waals surface area contributed by atoms with Crippen molar-refractivity contribution >= 4 is 0 Å². The third-order valence-electron chi connectivity index (χ3n) is 5.16. The zero-order valence-corrected chi connectivity index (χ0v) is 14.4. The molecule has 2 rings (SSSR count). The second-order valence-electron chi connectivity index (χ2n) is 8.04. The first-order valence-corrected chi connectivity index (χ1v) is 8.75. The molecule has 0 radical (unpaired) electrons. The van der Waals surface area contributed by atoms with Crippen molar-refractivity contribution in [1.29, 1.82) is 0 Å². The van der Waals surface area contributed by atoms with Gasteiger partial charge in [-0.3, -0.25) is 0 Å². The maximum absolute atomic E-state index is 6.38. The van der Waals surface area contributed by atoms with Crippen LogP contribution in [0.3, 0.4) is 0 Å². The van der Waals surface area contributed by atoms with E-state index in [1.807, 2.05) is 0 Å². The summed E-state index contributed by atoms with van der Waals surface area (Å²) in [5.41, 5.74) is 9.50. The summed E-state index contributed by atoms with van der Waals surface area (Å²) in [4.78, 5) is 0. The molecular formula is C20H33N. The van der Waals surface area contributed by atoms with Crippen LogP contribution in [0, 0.1) is 11.8 Å². The Morgan fingerprint density at radius 3 is 2.33 bits per heavy atom. The van der Waals surface area contributed by atoms with E-state index in [1.165, 1.54) is 43.2 Å². The summed E-state index contributed by atoms with van der Waals surface area (Å²) in [5, 5.41) is 0. The van der Waals surface area contributed by atoms with Gasteiger partial charge in [-0.2, -0.15) is 0 Å². The van der Waals surface area contributed by atoms with E-state index in [0.717, 1.165) is 12.3 Å². The molecule has 0 aliphatic heterocycles. The third kappa shape index (κ3) is 4.57. The van der Waals surface area contributed by atoms with Gasteiger partial charge in [-0.1, -0.05) is 64.8 Å². The number of rotatable bonds is 4. The second kappa shape index (κ2) is 6.96. The van der Waals surface area contributed by atoms with Crippen molar-refractivity contribution in [1.82, 2.24) is 0 Å². The first kappa shape index (κ1) is 16.5. The highest BCUT2D eigenvalue weighted by Gasteiger charge is 2.27. The lowest BCUT2D eigenvalue weighted by Gasteiger charge is -2.34. The van der Waals surface area contributed by atoms with Crippen molar-refractivity contribution in [3.63, 3.8) is 0 Å². The van der Waals surface area contributed by atoms with Crippen LogP contribution in [-0.4, -0.2) is 6.04 Å². The van der Waals surface area contributed by atoms with E-state index in [9.17, 15) is 0 Å². The van der Waals surface area contributed by atoms with Crippen molar-refractivity contribution < 1.29 is 0 Å². The standard InChI is InChI=1S/C20H33N/c1-5-6-15-9-12-19(21)17(13-15)14-16-7-10-18(11-8-16)20(2,3)4/h7-8,10-11,15,17,19H,5-6,9,12-14,21H2,1-4H3. The molecule has 0 heterocycles. The highest BCUT2D eigenvalue weighted by Crippen LogP contribution is 2.33. The maximum atomic E-state index is 6.38. The molecule has 3 atom stereocenters. The zero-order valence-electron chi connectivity index (χ0n) is 14.4. The first-order chi connectivity index (χ1) is 9.90. The van der Waals surface area contributed by atoms with E-state index in [0.29, 0.717) is 12.0 Å². The number of hydrogen-bond acceptors (Lipinski definition) is 1. The average Bonchev–Trinajstić information content (AvgIpc) is 2.42. The fourth-order valence-corrected chi connectivity index (χ4v) is 3.73. The monoisotopic (exact) mass is 287 g/mol. The van der Waals surface area contributed by atoms with Crippen LogP contribution in [0.4, 0.5) is 0 Å². The van der Waals surface area contributed by atoms with Gasteiger partial charge in [0.1, 0.15) is 0 Å². The van der Waals surface area contributed by atoms with Gasteiger partial charge < -0.3 is 5.73 Å². The van der Waals surface area contributed by atoms with E-state index in [2.05, 4.69) is 52.0 Å². The molecule has 1 saturated carbocycles. The Kier molecular flexibility index (Phi) is 5.48. The van der Waals surface area contributed by atoms with E-state index in [4.69, 9.17) is 5.73 Å². The van der Waals surface area contributed by atoms with Crippen LogP contribution in [0.15, 0.2) is 24.3 Å². The Balaban J connectivity index is 1.99. The lowest BCUT2D eigenvalue weighted by molar-refractivity contribution is 0.221. The maximum Gasteiger partial charge on any atom is 0.00705 e. The molecule has 0 aromatic heterocycles. The van der Waals surface area contributed by atoms with Crippen LogP contribution >= 0.6 is 0 Å². The van der Waals surface area contributed by atoms with E-state index >= 15 is 0 Å². The molecular weight excluding hydrogens is 254 g/mol. The summed E-state index contributed by atoms with van der Waals surface area (Å²) < 4.78 is 0.